The van der Waals surface area contributed by atoms with Crippen molar-refractivity contribution in [2.45, 2.75) is 37.7 Å². The standard InChI is InChI=1S/C31H30Cl2N2O3S/c1-31(2,3)38-29(36)20-35(39-24-18-22(32)17-23(33)19-24)28-14-8-11-25-26(28)12-7-13-27(25)30(37)34-16-15-21-9-5-4-6-10-21/h4-14,17-19H,15-16,20H2,1-3H3,(H,34,37). The van der Waals surface area contributed by atoms with Crippen molar-refractivity contribution in [1.82, 2.24) is 5.32 Å². The lowest BCUT2D eigenvalue weighted by Gasteiger charge is -2.27. The smallest absolute Gasteiger partial charge is 0.327 e. The average Bonchev–Trinajstić information content (AvgIpc) is 2.86. The van der Waals surface area contributed by atoms with Gasteiger partial charge in [0.05, 0.1) is 5.69 Å². The number of nitrogens with zero attached hydrogens (tertiary/aromatic N) is 1. The number of amides is 1. The van der Waals surface area contributed by atoms with Crippen molar-refractivity contribution >= 4 is 63.5 Å². The predicted octanol–water partition coefficient (Wildman–Crippen LogP) is 7.97. The van der Waals surface area contributed by atoms with Crippen LogP contribution in [0.5, 0.6) is 0 Å². The minimum absolute atomic E-state index is 0.0291. The van der Waals surface area contributed by atoms with Crippen LogP contribution in [-0.4, -0.2) is 30.6 Å². The highest BCUT2D eigenvalue weighted by atomic mass is 35.5. The van der Waals surface area contributed by atoms with Crippen LogP contribution in [0.2, 0.25) is 10.0 Å². The highest BCUT2D eigenvalue weighted by Crippen LogP contribution is 2.37. The summed E-state index contributed by atoms with van der Waals surface area (Å²) in [6, 6.07) is 26.6. The summed E-state index contributed by atoms with van der Waals surface area (Å²) in [5, 5.41) is 5.64. The van der Waals surface area contributed by atoms with Gasteiger partial charge >= 0.3 is 5.97 Å². The first-order valence-corrected chi connectivity index (χ1v) is 14.1. The lowest BCUT2D eigenvalue weighted by Crippen LogP contribution is -2.31. The van der Waals surface area contributed by atoms with E-state index in [-0.39, 0.29) is 18.4 Å². The third kappa shape index (κ3) is 8.15. The fourth-order valence-corrected chi connectivity index (χ4v) is 5.83. The molecule has 0 saturated heterocycles. The summed E-state index contributed by atoms with van der Waals surface area (Å²) in [6.07, 6.45) is 0.741. The molecule has 1 amide bonds. The van der Waals surface area contributed by atoms with Gasteiger partial charge in [-0.15, -0.1) is 0 Å². The Kier molecular flexibility index (Phi) is 9.44. The van der Waals surface area contributed by atoms with Crippen LogP contribution < -0.4 is 9.62 Å². The molecule has 39 heavy (non-hydrogen) atoms. The van der Waals surface area contributed by atoms with Crippen LogP contribution in [0.25, 0.3) is 10.8 Å². The molecular weight excluding hydrogens is 551 g/mol. The van der Waals surface area contributed by atoms with Crippen LogP contribution in [0, 0.1) is 0 Å². The molecule has 0 fully saturated rings. The molecule has 0 saturated carbocycles. The monoisotopic (exact) mass is 580 g/mol. The summed E-state index contributed by atoms with van der Waals surface area (Å²) in [7, 11) is 0. The van der Waals surface area contributed by atoms with Gasteiger partial charge in [0.1, 0.15) is 12.1 Å². The van der Waals surface area contributed by atoms with E-state index in [9.17, 15) is 9.59 Å². The maximum absolute atomic E-state index is 13.2. The summed E-state index contributed by atoms with van der Waals surface area (Å²) in [6.45, 7) is 5.99. The van der Waals surface area contributed by atoms with Gasteiger partial charge in [-0.1, -0.05) is 77.8 Å². The lowest BCUT2D eigenvalue weighted by molar-refractivity contribution is -0.152. The van der Waals surface area contributed by atoms with Crippen molar-refractivity contribution in [2.75, 3.05) is 17.4 Å². The number of benzene rings is 4. The van der Waals surface area contributed by atoms with Gasteiger partial charge in [-0.2, -0.15) is 0 Å². The Bertz CT molecular complexity index is 1450. The van der Waals surface area contributed by atoms with Crippen molar-refractivity contribution in [3.05, 3.63) is 106 Å². The molecule has 0 aliphatic carbocycles. The molecule has 0 heterocycles. The molecule has 8 heteroatoms. The average molecular weight is 582 g/mol. The number of esters is 1. The van der Waals surface area contributed by atoms with E-state index in [2.05, 4.69) is 5.32 Å². The van der Waals surface area contributed by atoms with Gasteiger partial charge in [-0.3, -0.25) is 9.59 Å². The molecule has 0 unspecified atom stereocenters. The van der Waals surface area contributed by atoms with E-state index in [0.717, 1.165) is 33.3 Å². The fourth-order valence-electron chi connectivity index (χ4n) is 4.14. The number of halogens is 2. The van der Waals surface area contributed by atoms with Crippen LogP contribution in [0.1, 0.15) is 36.7 Å². The number of rotatable bonds is 9. The molecule has 0 aliphatic rings. The number of anilines is 1. The molecule has 0 bridgehead atoms. The first kappa shape index (κ1) is 28.8. The number of hydrogen-bond acceptors (Lipinski definition) is 5. The van der Waals surface area contributed by atoms with Crippen LogP contribution in [0.3, 0.4) is 0 Å². The number of fused-ring (bicyclic) bond motifs is 1. The normalized spacial score (nSPS) is 11.3. The van der Waals surface area contributed by atoms with Crippen molar-refractivity contribution < 1.29 is 14.3 Å². The number of carbonyl (C=O) groups excluding carboxylic acids is 2. The molecule has 0 radical (unpaired) electrons. The lowest BCUT2D eigenvalue weighted by atomic mass is 10.0. The Balaban J connectivity index is 1.65. The van der Waals surface area contributed by atoms with E-state index in [1.807, 2.05) is 91.8 Å². The van der Waals surface area contributed by atoms with Gasteiger partial charge < -0.3 is 14.4 Å². The minimum Gasteiger partial charge on any atom is -0.459 e. The molecular formula is C31H30Cl2N2O3S. The van der Waals surface area contributed by atoms with E-state index in [1.54, 1.807) is 18.2 Å². The minimum atomic E-state index is -0.628. The maximum Gasteiger partial charge on any atom is 0.327 e. The molecule has 5 nitrogen and oxygen atoms in total. The van der Waals surface area contributed by atoms with Gasteiger partial charge in [0.15, 0.2) is 0 Å². The molecule has 202 valence electrons. The van der Waals surface area contributed by atoms with E-state index < -0.39 is 5.60 Å². The van der Waals surface area contributed by atoms with Crippen LogP contribution in [0.4, 0.5) is 5.69 Å². The second-order valence-electron chi connectivity index (χ2n) is 9.99. The van der Waals surface area contributed by atoms with Gasteiger partial charge in [0, 0.05) is 32.4 Å². The Morgan fingerprint density at radius 2 is 1.54 bits per heavy atom. The fraction of sp³-hybridized carbons (Fsp3) is 0.226. The molecule has 0 atom stereocenters. The van der Waals surface area contributed by atoms with Crippen molar-refractivity contribution in [3.63, 3.8) is 0 Å². The summed E-state index contributed by atoms with van der Waals surface area (Å²) in [5.74, 6) is -0.531. The van der Waals surface area contributed by atoms with E-state index in [4.69, 9.17) is 27.9 Å². The summed E-state index contributed by atoms with van der Waals surface area (Å²) >= 11 is 13.8. The second-order valence-corrected chi connectivity index (χ2v) is 12.0. The third-order valence-electron chi connectivity index (χ3n) is 5.70. The second kappa shape index (κ2) is 12.8. The Morgan fingerprint density at radius 3 is 2.23 bits per heavy atom. The molecule has 0 spiro atoms. The first-order chi connectivity index (χ1) is 18.6. The molecule has 1 N–H and O–H groups in total. The Morgan fingerprint density at radius 1 is 0.872 bits per heavy atom. The Hall–Kier alpha value is -3.19. The van der Waals surface area contributed by atoms with Crippen LogP contribution in [0.15, 0.2) is 89.8 Å². The van der Waals surface area contributed by atoms with E-state index in [0.29, 0.717) is 22.2 Å². The van der Waals surface area contributed by atoms with E-state index in [1.165, 1.54) is 11.9 Å². The third-order valence-corrected chi connectivity index (χ3v) is 7.13. The summed E-state index contributed by atoms with van der Waals surface area (Å²) in [4.78, 5) is 26.9. The zero-order valence-corrected chi connectivity index (χ0v) is 24.4. The number of nitrogens with one attached hydrogen (secondary N) is 1. The predicted molar refractivity (Wildman–Crippen MR) is 162 cm³/mol. The number of hydrogen-bond donors (Lipinski definition) is 1. The van der Waals surface area contributed by atoms with Crippen molar-refractivity contribution in [2.24, 2.45) is 0 Å². The Labute approximate surface area is 243 Å². The zero-order chi connectivity index (χ0) is 28.0. The molecule has 4 aromatic carbocycles. The molecule has 4 rings (SSSR count). The SMILES string of the molecule is CC(C)(C)OC(=O)CN(Sc1cc(Cl)cc(Cl)c1)c1cccc2c(C(=O)NCCc3ccccc3)cccc12. The summed E-state index contributed by atoms with van der Waals surface area (Å²) < 4.78 is 7.46. The highest BCUT2D eigenvalue weighted by molar-refractivity contribution is 8.00. The largest absolute Gasteiger partial charge is 0.459 e. The van der Waals surface area contributed by atoms with Crippen LogP contribution >= 0.6 is 35.1 Å². The van der Waals surface area contributed by atoms with Gasteiger partial charge in [0.25, 0.3) is 5.91 Å². The maximum atomic E-state index is 13.2. The number of carbonyl (C=O) groups is 2. The topological polar surface area (TPSA) is 58.6 Å². The van der Waals surface area contributed by atoms with Crippen molar-refractivity contribution in [1.29, 1.82) is 0 Å². The van der Waals surface area contributed by atoms with Gasteiger partial charge in [0.2, 0.25) is 0 Å². The van der Waals surface area contributed by atoms with E-state index >= 15 is 0 Å². The molecule has 4 aromatic rings. The summed E-state index contributed by atoms with van der Waals surface area (Å²) in [5.41, 5.74) is 1.86. The first-order valence-electron chi connectivity index (χ1n) is 12.6. The van der Waals surface area contributed by atoms with Gasteiger partial charge in [-0.25, -0.2) is 0 Å². The zero-order valence-electron chi connectivity index (χ0n) is 22.0. The molecule has 0 aromatic heterocycles. The van der Waals surface area contributed by atoms with Gasteiger partial charge in [-0.05, 0) is 80.4 Å². The number of ether oxygens (including phenoxy) is 1. The van der Waals surface area contributed by atoms with Crippen LogP contribution in [-0.2, 0) is 16.0 Å². The quantitative estimate of drug-likeness (QED) is 0.161. The molecule has 0 aliphatic heterocycles. The van der Waals surface area contributed by atoms with Crippen molar-refractivity contribution in [3.8, 4) is 0 Å². The highest BCUT2D eigenvalue weighted by Gasteiger charge is 2.22.